The number of anilines is 1. The van der Waals surface area contributed by atoms with Crippen LogP contribution in [-0.2, 0) is 0 Å². The molecule has 0 saturated heterocycles. The Morgan fingerprint density at radius 2 is 1.78 bits per heavy atom. The van der Waals surface area contributed by atoms with Crippen LogP contribution in [0.3, 0.4) is 0 Å². The fourth-order valence-corrected chi connectivity index (χ4v) is 2.22. The maximum absolute atomic E-state index is 5.97. The summed E-state index contributed by atoms with van der Waals surface area (Å²) in [5.74, 6) is 1.84. The zero-order valence-corrected chi connectivity index (χ0v) is 11.7. The molecule has 1 atom stereocenters. The van der Waals surface area contributed by atoms with Gasteiger partial charge in [-0.05, 0) is 25.0 Å². The average molecular weight is 264 g/mol. The van der Waals surface area contributed by atoms with Crippen molar-refractivity contribution in [2.24, 2.45) is 5.92 Å². The van der Waals surface area contributed by atoms with E-state index in [4.69, 9.17) is 11.6 Å². The maximum Gasteiger partial charge on any atom is 0.148 e. The van der Waals surface area contributed by atoms with E-state index in [1.807, 2.05) is 31.2 Å². The predicted octanol–water partition coefficient (Wildman–Crippen LogP) is 3.61. The van der Waals surface area contributed by atoms with Crippen LogP contribution < -0.4 is 5.32 Å². The highest BCUT2D eigenvalue weighted by atomic mass is 35.5. The molecule has 1 aromatic heterocycles. The number of para-hydroxylation sites is 2. The molecule has 1 unspecified atom stereocenters. The largest absolute Gasteiger partial charge is 0.364 e. The molecule has 0 bridgehead atoms. The second kappa shape index (κ2) is 5.53. The van der Waals surface area contributed by atoms with E-state index in [0.717, 1.165) is 22.5 Å². The van der Waals surface area contributed by atoms with Gasteiger partial charge >= 0.3 is 0 Å². The Hall–Kier alpha value is -1.35. The van der Waals surface area contributed by atoms with Crippen molar-refractivity contribution < 1.29 is 0 Å². The van der Waals surface area contributed by atoms with Gasteiger partial charge in [-0.2, -0.15) is 0 Å². The van der Waals surface area contributed by atoms with Crippen molar-refractivity contribution in [2.75, 3.05) is 11.2 Å². The molecule has 0 aliphatic heterocycles. The number of aromatic nitrogens is 2. The van der Waals surface area contributed by atoms with Crippen LogP contribution in [0.1, 0.15) is 19.5 Å². The minimum atomic E-state index is 0.209. The van der Waals surface area contributed by atoms with Crippen LogP contribution in [-0.4, -0.2) is 21.9 Å². The van der Waals surface area contributed by atoms with E-state index < -0.39 is 0 Å². The Balaban J connectivity index is 2.35. The summed E-state index contributed by atoms with van der Waals surface area (Å²) in [5, 5.41) is 3.38. The van der Waals surface area contributed by atoms with Crippen molar-refractivity contribution in [1.29, 1.82) is 0 Å². The lowest BCUT2D eigenvalue weighted by atomic mass is 10.1. The summed E-state index contributed by atoms with van der Waals surface area (Å²) in [6.07, 6.45) is 0. The first-order chi connectivity index (χ1) is 8.61. The van der Waals surface area contributed by atoms with Crippen LogP contribution >= 0.6 is 11.6 Å². The van der Waals surface area contributed by atoms with Crippen molar-refractivity contribution in [3.63, 3.8) is 0 Å². The zero-order chi connectivity index (χ0) is 13.1. The number of rotatable bonds is 4. The van der Waals surface area contributed by atoms with Crippen LogP contribution in [0.15, 0.2) is 24.3 Å². The summed E-state index contributed by atoms with van der Waals surface area (Å²) < 4.78 is 0. The van der Waals surface area contributed by atoms with E-state index in [9.17, 15) is 0 Å². The Kier molecular flexibility index (Phi) is 4.02. The van der Waals surface area contributed by atoms with E-state index in [-0.39, 0.29) is 6.04 Å². The molecule has 0 fully saturated rings. The fraction of sp³-hybridized carbons (Fsp3) is 0.429. The summed E-state index contributed by atoms with van der Waals surface area (Å²) in [4.78, 5) is 9.17. The third kappa shape index (κ3) is 2.72. The van der Waals surface area contributed by atoms with Crippen molar-refractivity contribution in [1.82, 2.24) is 9.97 Å². The summed E-state index contributed by atoms with van der Waals surface area (Å²) >= 11 is 5.97. The quantitative estimate of drug-likeness (QED) is 0.857. The molecular weight excluding hydrogens is 246 g/mol. The molecule has 1 N–H and O–H groups in total. The molecular formula is C14H18ClN3. The third-order valence-electron chi connectivity index (χ3n) is 3.04. The number of benzene rings is 1. The highest BCUT2D eigenvalue weighted by Gasteiger charge is 2.14. The van der Waals surface area contributed by atoms with Gasteiger partial charge in [0.05, 0.1) is 16.7 Å². The molecule has 4 heteroatoms. The summed E-state index contributed by atoms with van der Waals surface area (Å²) in [7, 11) is 0. The molecule has 18 heavy (non-hydrogen) atoms. The molecule has 0 spiro atoms. The first-order valence-electron chi connectivity index (χ1n) is 6.17. The van der Waals surface area contributed by atoms with Crippen molar-refractivity contribution in [2.45, 2.75) is 26.8 Å². The maximum atomic E-state index is 5.97. The first-order valence-corrected chi connectivity index (χ1v) is 6.71. The molecule has 1 aromatic carbocycles. The lowest BCUT2D eigenvalue weighted by Crippen LogP contribution is -2.28. The molecule has 1 heterocycles. The molecule has 96 valence electrons. The monoisotopic (exact) mass is 263 g/mol. The minimum Gasteiger partial charge on any atom is -0.364 e. The van der Waals surface area contributed by atoms with Crippen molar-refractivity contribution in [3.05, 3.63) is 30.0 Å². The van der Waals surface area contributed by atoms with Gasteiger partial charge in [0.15, 0.2) is 0 Å². The smallest absolute Gasteiger partial charge is 0.148 e. The third-order valence-corrected chi connectivity index (χ3v) is 3.37. The minimum absolute atomic E-state index is 0.209. The number of aryl methyl sites for hydroxylation is 1. The Labute approximate surface area is 113 Å². The summed E-state index contributed by atoms with van der Waals surface area (Å²) in [5.41, 5.74) is 2.74. The zero-order valence-electron chi connectivity index (χ0n) is 10.9. The molecule has 0 saturated carbocycles. The summed E-state index contributed by atoms with van der Waals surface area (Å²) in [6.45, 7) is 6.25. The lowest BCUT2D eigenvalue weighted by molar-refractivity contribution is 0.562. The van der Waals surface area contributed by atoms with Crippen LogP contribution in [0.2, 0.25) is 0 Å². The molecule has 0 radical (unpaired) electrons. The van der Waals surface area contributed by atoms with Gasteiger partial charge in [-0.25, -0.2) is 9.97 Å². The average Bonchev–Trinajstić information content (AvgIpc) is 2.35. The van der Waals surface area contributed by atoms with E-state index in [1.54, 1.807) is 0 Å². The van der Waals surface area contributed by atoms with Gasteiger partial charge < -0.3 is 5.32 Å². The number of nitrogens with zero attached hydrogens (tertiary/aromatic N) is 2. The molecule has 0 aliphatic carbocycles. The molecule has 0 amide bonds. The van der Waals surface area contributed by atoms with Crippen molar-refractivity contribution in [3.8, 4) is 0 Å². The van der Waals surface area contributed by atoms with Crippen LogP contribution in [0.5, 0.6) is 0 Å². The summed E-state index contributed by atoms with van der Waals surface area (Å²) in [6, 6.07) is 8.09. The van der Waals surface area contributed by atoms with Gasteiger partial charge in [0.1, 0.15) is 5.82 Å². The Morgan fingerprint density at radius 3 is 2.33 bits per heavy atom. The first kappa shape index (κ1) is 13.1. The number of hydrogen-bond acceptors (Lipinski definition) is 3. The Bertz CT molecular complexity index is 540. The van der Waals surface area contributed by atoms with Crippen LogP contribution in [0.4, 0.5) is 5.82 Å². The SMILES string of the molecule is Cc1nc2ccccc2nc1NC(CCl)C(C)C. The highest BCUT2D eigenvalue weighted by Crippen LogP contribution is 2.18. The van der Waals surface area contributed by atoms with Gasteiger partial charge in [0.2, 0.25) is 0 Å². The topological polar surface area (TPSA) is 37.8 Å². The highest BCUT2D eigenvalue weighted by molar-refractivity contribution is 6.18. The Morgan fingerprint density at radius 1 is 1.17 bits per heavy atom. The normalized spacial score (nSPS) is 12.9. The van der Waals surface area contributed by atoms with E-state index in [1.165, 1.54) is 0 Å². The molecule has 2 rings (SSSR count). The van der Waals surface area contributed by atoms with Gasteiger partial charge in [0, 0.05) is 11.9 Å². The van der Waals surface area contributed by atoms with E-state index in [0.29, 0.717) is 11.8 Å². The predicted molar refractivity (Wildman–Crippen MR) is 77.2 cm³/mol. The van der Waals surface area contributed by atoms with Gasteiger partial charge in [-0.3, -0.25) is 0 Å². The second-order valence-corrected chi connectivity index (χ2v) is 5.10. The van der Waals surface area contributed by atoms with Gasteiger partial charge in [0.25, 0.3) is 0 Å². The fourth-order valence-electron chi connectivity index (χ4n) is 1.78. The lowest BCUT2D eigenvalue weighted by Gasteiger charge is -2.21. The molecule has 3 nitrogen and oxygen atoms in total. The van der Waals surface area contributed by atoms with Crippen LogP contribution in [0, 0.1) is 12.8 Å². The number of fused-ring (bicyclic) bond motifs is 1. The molecule has 0 aliphatic rings. The number of nitrogens with one attached hydrogen (secondary N) is 1. The van der Waals surface area contributed by atoms with Gasteiger partial charge in [-0.1, -0.05) is 26.0 Å². The van der Waals surface area contributed by atoms with Gasteiger partial charge in [-0.15, -0.1) is 11.6 Å². The second-order valence-electron chi connectivity index (χ2n) is 4.80. The van der Waals surface area contributed by atoms with E-state index >= 15 is 0 Å². The molecule has 2 aromatic rings. The van der Waals surface area contributed by atoms with Crippen molar-refractivity contribution >= 4 is 28.5 Å². The number of halogens is 1. The number of alkyl halides is 1. The number of hydrogen-bond donors (Lipinski definition) is 1. The van der Waals surface area contributed by atoms with Crippen LogP contribution in [0.25, 0.3) is 11.0 Å². The van der Waals surface area contributed by atoms with E-state index in [2.05, 4.69) is 29.1 Å². The standard InChI is InChI=1S/C14H18ClN3/c1-9(2)13(8-15)18-14-10(3)16-11-6-4-5-7-12(11)17-14/h4-7,9,13H,8H2,1-3H3,(H,17,18).